The highest BCUT2D eigenvalue weighted by atomic mass is 15.0. The van der Waals surface area contributed by atoms with Crippen LogP contribution in [0, 0.1) is 6.92 Å². The van der Waals surface area contributed by atoms with Gasteiger partial charge in [0.25, 0.3) is 0 Å². The van der Waals surface area contributed by atoms with Gasteiger partial charge in [-0.15, -0.1) is 0 Å². The Morgan fingerprint density at radius 2 is 0.965 bits per heavy atom. The fourth-order valence-electron chi connectivity index (χ4n) is 8.74. The molecule has 1 heterocycles. The van der Waals surface area contributed by atoms with Crippen LogP contribution in [0.3, 0.4) is 0 Å². The van der Waals surface area contributed by atoms with Crippen LogP contribution in [0.15, 0.2) is 206 Å². The molecule has 10 rings (SSSR count). The first-order chi connectivity index (χ1) is 28.2. The zero-order chi connectivity index (χ0) is 38.1. The number of allylic oxidation sites excluding steroid dienone is 4. The van der Waals surface area contributed by atoms with E-state index in [-0.39, 0.29) is 0 Å². The minimum absolute atomic E-state index is 0.887. The van der Waals surface area contributed by atoms with E-state index >= 15 is 0 Å². The Bertz CT molecular complexity index is 2950. The standard InChI is InChI=1S/C56H43N/c1-39-22-23-46(36-53(39)51-31-28-45(41-16-8-3-9-17-41)35-49(51)34-40-14-6-2-7-15-40)43-24-26-44(27-25-43)47-30-33-55-54(37-47)52-32-29-48(42-18-10-4-11-19-42)38-56(52)57(55)50-20-12-5-13-21-50/h2-24,26,28-33,35-38H,25,27,34H2,1H3. The highest BCUT2D eigenvalue weighted by Gasteiger charge is 2.18. The number of hydrogen-bond donors (Lipinski definition) is 0. The fraction of sp³-hybridized carbons (Fsp3) is 0.0714. The fourth-order valence-corrected chi connectivity index (χ4v) is 8.74. The molecule has 0 fully saturated rings. The van der Waals surface area contributed by atoms with E-state index in [0.717, 1.165) is 19.3 Å². The number of aromatic nitrogens is 1. The molecule has 272 valence electrons. The van der Waals surface area contributed by atoms with Crippen molar-refractivity contribution in [1.82, 2.24) is 4.57 Å². The maximum Gasteiger partial charge on any atom is 0.0547 e. The van der Waals surface area contributed by atoms with Crippen LogP contribution in [-0.2, 0) is 6.42 Å². The van der Waals surface area contributed by atoms with E-state index in [9.17, 15) is 0 Å². The summed E-state index contributed by atoms with van der Waals surface area (Å²) in [7, 11) is 0. The van der Waals surface area contributed by atoms with Crippen LogP contribution in [0.25, 0.3) is 72.0 Å². The molecule has 57 heavy (non-hydrogen) atoms. The summed E-state index contributed by atoms with van der Waals surface area (Å²) in [4.78, 5) is 0. The minimum Gasteiger partial charge on any atom is -0.309 e. The summed E-state index contributed by atoms with van der Waals surface area (Å²) in [6.07, 6.45) is 7.61. The lowest BCUT2D eigenvalue weighted by atomic mass is 9.86. The lowest BCUT2D eigenvalue weighted by molar-refractivity contribution is 1.07. The predicted molar refractivity (Wildman–Crippen MR) is 243 cm³/mol. The zero-order valence-corrected chi connectivity index (χ0v) is 32.2. The molecule has 0 radical (unpaired) electrons. The van der Waals surface area contributed by atoms with E-state index in [0.29, 0.717) is 0 Å². The predicted octanol–water partition coefficient (Wildman–Crippen LogP) is 14.9. The Morgan fingerprint density at radius 3 is 1.63 bits per heavy atom. The molecule has 1 aromatic heterocycles. The van der Waals surface area contributed by atoms with Crippen molar-refractivity contribution in [2.75, 3.05) is 0 Å². The number of fused-ring (bicyclic) bond motifs is 3. The third-order valence-electron chi connectivity index (χ3n) is 11.8. The van der Waals surface area contributed by atoms with Crippen LogP contribution in [0.1, 0.15) is 40.7 Å². The summed E-state index contributed by atoms with van der Waals surface area (Å²) in [6.45, 7) is 2.25. The van der Waals surface area contributed by atoms with Crippen molar-refractivity contribution in [1.29, 1.82) is 0 Å². The van der Waals surface area contributed by atoms with Crippen molar-refractivity contribution >= 4 is 33.0 Å². The summed E-state index contributed by atoms with van der Waals surface area (Å²) in [6, 6.07) is 71.1. The van der Waals surface area contributed by atoms with E-state index in [4.69, 9.17) is 0 Å². The molecule has 1 nitrogen and oxygen atoms in total. The van der Waals surface area contributed by atoms with Crippen LogP contribution in [0.4, 0.5) is 0 Å². The number of nitrogens with zero attached hydrogens (tertiary/aromatic N) is 1. The molecule has 0 saturated heterocycles. The smallest absolute Gasteiger partial charge is 0.0547 e. The van der Waals surface area contributed by atoms with Gasteiger partial charge in [-0.25, -0.2) is 0 Å². The molecule has 0 saturated carbocycles. The quantitative estimate of drug-likeness (QED) is 0.147. The number of benzene rings is 8. The Morgan fingerprint density at radius 1 is 0.404 bits per heavy atom. The number of aryl methyl sites for hydroxylation is 1. The SMILES string of the molecule is Cc1ccc(C2=CC=C(c3ccc4c(c3)c3ccc(-c5ccccc5)cc3n4-c3ccccc3)CC2)cc1-c1ccc(-c2ccccc2)cc1Cc1ccccc1. The van der Waals surface area contributed by atoms with Gasteiger partial charge in [-0.3, -0.25) is 0 Å². The first kappa shape index (κ1) is 34.5. The first-order valence-electron chi connectivity index (χ1n) is 20.1. The number of hydrogen-bond acceptors (Lipinski definition) is 0. The van der Waals surface area contributed by atoms with E-state index < -0.39 is 0 Å². The molecule has 9 aromatic rings. The topological polar surface area (TPSA) is 4.93 Å². The second-order valence-corrected chi connectivity index (χ2v) is 15.3. The van der Waals surface area contributed by atoms with Gasteiger partial charge in [0, 0.05) is 16.5 Å². The largest absolute Gasteiger partial charge is 0.309 e. The maximum atomic E-state index is 2.43. The zero-order valence-electron chi connectivity index (χ0n) is 32.2. The van der Waals surface area contributed by atoms with Crippen molar-refractivity contribution in [2.45, 2.75) is 26.2 Å². The van der Waals surface area contributed by atoms with Crippen molar-refractivity contribution < 1.29 is 0 Å². The molecular formula is C56H43N. The summed E-state index contributed by atoms with van der Waals surface area (Å²) in [5, 5.41) is 2.56. The first-order valence-corrected chi connectivity index (χ1v) is 20.1. The van der Waals surface area contributed by atoms with Crippen LogP contribution >= 0.6 is 0 Å². The van der Waals surface area contributed by atoms with Gasteiger partial charge in [-0.05, 0) is 135 Å². The molecule has 8 aromatic carbocycles. The van der Waals surface area contributed by atoms with Crippen LogP contribution in [-0.4, -0.2) is 4.57 Å². The van der Waals surface area contributed by atoms with Gasteiger partial charge in [-0.1, -0.05) is 170 Å². The lowest BCUT2D eigenvalue weighted by Crippen LogP contribution is -1.98. The van der Waals surface area contributed by atoms with Crippen molar-refractivity contribution in [2.24, 2.45) is 0 Å². The Kier molecular flexibility index (Phi) is 9.05. The van der Waals surface area contributed by atoms with Crippen LogP contribution < -0.4 is 0 Å². The summed E-state index contributed by atoms with van der Waals surface area (Å²) >= 11 is 0. The van der Waals surface area contributed by atoms with E-state index in [1.165, 1.54) is 99.8 Å². The third kappa shape index (κ3) is 6.72. The summed E-state index contributed by atoms with van der Waals surface area (Å²) in [5.41, 5.74) is 20.6. The summed E-state index contributed by atoms with van der Waals surface area (Å²) < 4.78 is 2.42. The maximum absolute atomic E-state index is 2.43. The molecule has 0 amide bonds. The molecule has 0 atom stereocenters. The van der Waals surface area contributed by atoms with Gasteiger partial charge in [0.1, 0.15) is 0 Å². The third-order valence-corrected chi connectivity index (χ3v) is 11.8. The molecule has 0 unspecified atom stereocenters. The molecule has 1 aliphatic carbocycles. The van der Waals surface area contributed by atoms with Crippen molar-refractivity contribution in [3.63, 3.8) is 0 Å². The normalized spacial score (nSPS) is 12.8. The molecule has 1 aliphatic rings. The molecule has 0 aliphatic heterocycles. The van der Waals surface area contributed by atoms with E-state index in [2.05, 4.69) is 218 Å². The van der Waals surface area contributed by atoms with E-state index in [1.54, 1.807) is 0 Å². The Balaban J connectivity index is 1.01. The monoisotopic (exact) mass is 729 g/mol. The number of rotatable bonds is 8. The minimum atomic E-state index is 0.887. The molecule has 1 heteroatoms. The summed E-state index contributed by atoms with van der Waals surface area (Å²) in [5.74, 6) is 0. The average molecular weight is 730 g/mol. The van der Waals surface area contributed by atoms with Crippen LogP contribution in [0.2, 0.25) is 0 Å². The molecule has 0 N–H and O–H groups in total. The van der Waals surface area contributed by atoms with Gasteiger partial charge in [0.05, 0.1) is 11.0 Å². The molecular weight excluding hydrogens is 687 g/mol. The van der Waals surface area contributed by atoms with Crippen molar-refractivity contribution in [3.8, 4) is 39.1 Å². The van der Waals surface area contributed by atoms with E-state index in [1.807, 2.05) is 0 Å². The highest BCUT2D eigenvalue weighted by molar-refractivity contribution is 6.11. The second kappa shape index (κ2) is 14.9. The Labute approximate surface area is 335 Å². The average Bonchev–Trinajstić information content (AvgIpc) is 3.61. The van der Waals surface area contributed by atoms with Gasteiger partial charge >= 0.3 is 0 Å². The van der Waals surface area contributed by atoms with Gasteiger partial charge in [0.15, 0.2) is 0 Å². The second-order valence-electron chi connectivity index (χ2n) is 15.3. The lowest BCUT2D eigenvalue weighted by Gasteiger charge is -2.19. The molecule has 0 bridgehead atoms. The number of para-hydroxylation sites is 1. The Hall–Kier alpha value is -6.96. The van der Waals surface area contributed by atoms with Crippen molar-refractivity contribution in [3.05, 3.63) is 234 Å². The van der Waals surface area contributed by atoms with Gasteiger partial charge in [0.2, 0.25) is 0 Å². The van der Waals surface area contributed by atoms with Gasteiger partial charge in [-0.2, -0.15) is 0 Å². The highest BCUT2D eigenvalue weighted by Crippen LogP contribution is 2.40. The van der Waals surface area contributed by atoms with Crippen LogP contribution in [0.5, 0.6) is 0 Å². The molecule has 0 spiro atoms. The van der Waals surface area contributed by atoms with Gasteiger partial charge < -0.3 is 4.57 Å².